The Morgan fingerprint density at radius 3 is 2.58 bits per heavy atom. The zero-order chi connectivity index (χ0) is 21.8. The van der Waals surface area contributed by atoms with Gasteiger partial charge in [0.2, 0.25) is 0 Å². The highest BCUT2D eigenvalue weighted by Gasteiger charge is 2.36. The van der Waals surface area contributed by atoms with Gasteiger partial charge in [-0.15, -0.1) is 0 Å². The minimum absolute atomic E-state index is 0.101. The van der Waals surface area contributed by atoms with Crippen LogP contribution in [0.4, 0.5) is 5.69 Å². The van der Waals surface area contributed by atoms with Gasteiger partial charge >= 0.3 is 0 Å². The number of nitrogens with zero attached hydrogens (tertiary/aromatic N) is 1. The third-order valence-corrected chi connectivity index (χ3v) is 7.12. The smallest absolute Gasteiger partial charge is 0.264 e. The van der Waals surface area contributed by atoms with E-state index in [2.05, 4.69) is 5.32 Å². The summed E-state index contributed by atoms with van der Waals surface area (Å²) in [4.78, 5) is 12.6. The van der Waals surface area contributed by atoms with E-state index in [4.69, 9.17) is 4.74 Å². The first-order valence-corrected chi connectivity index (χ1v) is 11.6. The van der Waals surface area contributed by atoms with Gasteiger partial charge in [0.15, 0.2) is 0 Å². The van der Waals surface area contributed by atoms with Gasteiger partial charge in [0, 0.05) is 11.6 Å². The van der Waals surface area contributed by atoms with Crippen molar-refractivity contribution >= 4 is 21.6 Å². The Bertz CT molecular complexity index is 1180. The van der Waals surface area contributed by atoms with Crippen LogP contribution < -0.4 is 14.4 Å². The van der Waals surface area contributed by atoms with E-state index in [1.54, 1.807) is 12.1 Å². The Morgan fingerprint density at radius 1 is 1.03 bits per heavy atom. The number of carbonyl (C=O) groups excluding carboxylic acids is 1. The minimum Gasteiger partial charge on any atom is -0.492 e. The molecule has 0 radical (unpaired) electrons. The molecule has 3 aromatic rings. The van der Waals surface area contributed by atoms with E-state index < -0.39 is 10.0 Å². The lowest BCUT2D eigenvalue weighted by Crippen LogP contribution is -2.36. The molecule has 160 valence electrons. The van der Waals surface area contributed by atoms with Crippen LogP contribution in [-0.4, -0.2) is 33.5 Å². The molecule has 1 aliphatic rings. The van der Waals surface area contributed by atoms with E-state index in [9.17, 15) is 13.2 Å². The standard InChI is InChI=1S/C24H24N2O4S/c1-18-16-19-8-5-6-13-23(19)26(18)31(28,29)22-12-7-9-20(17-22)24(27)25-14-15-30-21-10-3-2-4-11-21/h2-13,17-18H,14-16H2,1H3,(H,25,27). The van der Waals surface area contributed by atoms with Crippen molar-refractivity contribution in [2.75, 3.05) is 17.5 Å². The van der Waals surface area contributed by atoms with Crippen LogP contribution in [0.25, 0.3) is 0 Å². The molecule has 1 unspecified atom stereocenters. The molecule has 0 saturated heterocycles. The number of nitrogens with one attached hydrogen (secondary N) is 1. The van der Waals surface area contributed by atoms with Crippen LogP contribution in [0.5, 0.6) is 5.75 Å². The number of para-hydroxylation sites is 2. The van der Waals surface area contributed by atoms with Gasteiger partial charge in [-0.2, -0.15) is 0 Å². The maximum atomic E-state index is 13.4. The number of fused-ring (bicyclic) bond motifs is 1. The van der Waals surface area contributed by atoms with E-state index in [1.807, 2.05) is 61.5 Å². The molecule has 6 nitrogen and oxygen atoms in total. The first kappa shape index (κ1) is 20.9. The van der Waals surface area contributed by atoms with Crippen LogP contribution in [0.3, 0.4) is 0 Å². The van der Waals surface area contributed by atoms with Crippen LogP contribution >= 0.6 is 0 Å². The molecule has 1 aliphatic heterocycles. The molecule has 1 heterocycles. The van der Waals surface area contributed by atoms with Gasteiger partial charge in [0.1, 0.15) is 12.4 Å². The second-order valence-corrected chi connectivity index (χ2v) is 9.24. The molecule has 4 rings (SSSR count). The Kier molecular flexibility index (Phi) is 5.95. The van der Waals surface area contributed by atoms with Crippen molar-refractivity contribution in [3.63, 3.8) is 0 Å². The average Bonchev–Trinajstić information content (AvgIpc) is 3.13. The summed E-state index contributed by atoms with van der Waals surface area (Å²) in [5.41, 5.74) is 2.00. The van der Waals surface area contributed by atoms with Gasteiger partial charge in [-0.05, 0) is 55.3 Å². The molecule has 0 aliphatic carbocycles. The summed E-state index contributed by atoms with van der Waals surface area (Å²) in [5, 5.41) is 2.77. The molecule has 1 amide bonds. The largest absolute Gasteiger partial charge is 0.492 e. The third kappa shape index (κ3) is 4.41. The van der Waals surface area contributed by atoms with Crippen LogP contribution in [0, 0.1) is 0 Å². The topological polar surface area (TPSA) is 75.7 Å². The Morgan fingerprint density at radius 2 is 1.77 bits per heavy atom. The summed E-state index contributed by atoms with van der Waals surface area (Å²) in [6.07, 6.45) is 0.664. The highest BCUT2D eigenvalue weighted by atomic mass is 32.2. The summed E-state index contributed by atoms with van der Waals surface area (Å²) < 4.78 is 33.8. The summed E-state index contributed by atoms with van der Waals surface area (Å²) in [5.74, 6) is 0.383. The molecule has 1 N–H and O–H groups in total. The van der Waals surface area contributed by atoms with E-state index in [0.29, 0.717) is 30.8 Å². The molecule has 0 aromatic heterocycles. The average molecular weight is 437 g/mol. The van der Waals surface area contributed by atoms with Crippen molar-refractivity contribution in [2.45, 2.75) is 24.3 Å². The quantitative estimate of drug-likeness (QED) is 0.574. The maximum absolute atomic E-state index is 13.4. The van der Waals surface area contributed by atoms with Gasteiger partial charge in [0.05, 0.1) is 17.1 Å². The minimum atomic E-state index is -3.79. The lowest BCUT2D eigenvalue weighted by atomic mass is 10.1. The number of benzene rings is 3. The lowest BCUT2D eigenvalue weighted by molar-refractivity contribution is 0.0947. The number of sulfonamides is 1. The number of rotatable bonds is 7. The van der Waals surface area contributed by atoms with Crippen LogP contribution in [-0.2, 0) is 16.4 Å². The zero-order valence-electron chi connectivity index (χ0n) is 17.2. The monoisotopic (exact) mass is 436 g/mol. The highest BCUT2D eigenvalue weighted by molar-refractivity contribution is 7.92. The molecule has 3 aromatic carbocycles. The predicted molar refractivity (Wildman–Crippen MR) is 120 cm³/mol. The second kappa shape index (κ2) is 8.81. The fraction of sp³-hybridized carbons (Fsp3) is 0.208. The second-order valence-electron chi connectivity index (χ2n) is 7.43. The van der Waals surface area contributed by atoms with E-state index in [0.717, 1.165) is 11.3 Å². The molecule has 0 saturated carbocycles. The van der Waals surface area contributed by atoms with Crippen molar-refractivity contribution in [3.8, 4) is 5.75 Å². The van der Waals surface area contributed by atoms with Crippen LogP contribution in [0.2, 0.25) is 0 Å². The normalized spacial score (nSPS) is 15.4. The molecular weight excluding hydrogens is 412 g/mol. The van der Waals surface area contributed by atoms with Crippen molar-refractivity contribution in [2.24, 2.45) is 0 Å². The number of ether oxygens (including phenoxy) is 1. The van der Waals surface area contributed by atoms with Gasteiger partial charge in [-0.25, -0.2) is 8.42 Å². The van der Waals surface area contributed by atoms with Crippen molar-refractivity contribution in [3.05, 3.63) is 90.0 Å². The van der Waals surface area contributed by atoms with Crippen molar-refractivity contribution < 1.29 is 17.9 Å². The number of anilines is 1. The fourth-order valence-corrected chi connectivity index (χ4v) is 5.51. The van der Waals surface area contributed by atoms with Gasteiger partial charge in [-0.3, -0.25) is 9.10 Å². The summed E-state index contributed by atoms with van der Waals surface area (Å²) in [6, 6.07) is 22.8. The Balaban J connectivity index is 1.46. The van der Waals surface area contributed by atoms with E-state index in [-0.39, 0.29) is 16.8 Å². The highest BCUT2D eigenvalue weighted by Crippen LogP contribution is 2.36. The number of hydrogen-bond donors (Lipinski definition) is 1. The predicted octanol–water partition coefficient (Wildman–Crippen LogP) is 3.64. The summed E-state index contributed by atoms with van der Waals surface area (Å²) >= 11 is 0. The molecular formula is C24H24N2O4S. The van der Waals surface area contributed by atoms with Crippen LogP contribution in [0.15, 0.2) is 83.8 Å². The number of amides is 1. The zero-order valence-corrected chi connectivity index (χ0v) is 18.0. The lowest BCUT2D eigenvalue weighted by Gasteiger charge is -2.24. The van der Waals surface area contributed by atoms with Crippen LogP contribution in [0.1, 0.15) is 22.8 Å². The first-order valence-electron chi connectivity index (χ1n) is 10.2. The summed E-state index contributed by atoms with van der Waals surface area (Å²) in [6.45, 7) is 2.51. The molecule has 1 atom stereocenters. The maximum Gasteiger partial charge on any atom is 0.264 e. The SMILES string of the molecule is CC1Cc2ccccc2N1S(=O)(=O)c1cccc(C(=O)NCCOc2ccccc2)c1. The molecule has 7 heteroatoms. The Hall–Kier alpha value is -3.32. The van der Waals surface area contributed by atoms with Crippen molar-refractivity contribution in [1.82, 2.24) is 5.32 Å². The molecule has 0 spiro atoms. The summed E-state index contributed by atoms with van der Waals surface area (Å²) in [7, 11) is -3.79. The van der Waals surface area contributed by atoms with E-state index >= 15 is 0 Å². The third-order valence-electron chi connectivity index (χ3n) is 5.20. The number of hydrogen-bond acceptors (Lipinski definition) is 4. The fourth-order valence-electron chi connectivity index (χ4n) is 3.77. The first-order chi connectivity index (χ1) is 15.0. The molecule has 31 heavy (non-hydrogen) atoms. The van der Waals surface area contributed by atoms with Crippen molar-refractivity contribution in [1.29, 1.82) is 0 Å². The van der Waals surface area contributed by atoms with Gasteiger partial charge in [-0.1, -0.05) is 42.5 Å². The van der Waals surface area contributed by atoms with E-state index in [1.165, 1.54) is 16.4 Å². The molecule has 0 fully saturated rings. The van der Waals surface area contributed by atoms with Gasteiger partial charge < -0.3 is 10.1 Å². The number of carbonyl (C=O) groups is 1. The molecule has 0 bridgehead atoms. The Labute approximate surface area is 182 Å². The van der Waals surface area contributed by atoms with Gasteiger partial charge in [0.25, 0.3) is 15.9 Å².